The fourth-order valence-corrected chi connectivity index (χ4v) is 3.67. The van der Waals surface area contributed by atoms with Crippen LogP contribution in [0.1, 0.15) is 12.1 Å². The van der Waals surface area contributed by atoms with Crippen LogP contribution < -0.4 is 4.90 Å². The predicted molar refractivity (Wildman–Crippen MR) is 91.2 cm³/mol. The summed E-state index contributed by atoms with van der Waals surface area (Å²) in [4.78, 5) is 31.4. The van der Waals surface area contributed by atoms with Crippen molar-refractivity contribution in [3.63, 3.8) is 0 Å². The number of alkyl halides is 3. The predicted octanol–water partition coefficient (Wildman–Crippen LogP) is 3.53. The summed E-state index contributed by atoms with van der Waals surface area (Å²) in [6, 6.07) is 8.75. The standard InChI is InChI=1S/C17H16F3N3O2S/c1-11-9-26-16(21-11)23(13-5-3-2-4-6-13)15(25)12-7-14(24)22(8-12)10-17(18,19)20/h2-6,9,12H,7-8,10H2,1H3. The molecule has 1 unspecified atom stereocenters. The Kier molecular flexibility index (Phi) is 4.99. The Hall–Kier alpha value is -2.42. The minimum absolute atomic E-state index is 0.234. The number of carbonyl (C=O) groups is 2. The highest BCUT2D eigenvalue weighted by Crippen LogP contribution is 2.33. The summed E-state index contributed by atoms with van der Waals surface area (Å²) in [5.74, 6) is -1.93. The number of benzene rings is 1. The Bertz CT molecular complexity index is 807. The molecule has 0 radical (unpaired) electrons. The summed E-state index contributed by atoms with van der Waals surface area (Å²) >= 11 is 1.27. The fourth-order valence-electron chi connectivity index (χ4n) is 2.84. The first kappa shape index (κ1) is 18.4. The largest absolute Gasteiger partial charge is 0.406 e. The zero-order chi connectivity index (χ0) is 18.9. The van der Waals surface area contributed by atoms with Gasteiger partial charge in [0.1, 0.15) is 6.54 Å². The highest BCUT2D eigenvalue weighted by molar-refractivity contribution is 7.14. The van der Waals surface area contributed by atoms with Gasteiger partial charge in [0, 0.05) is 18.3 Å². The van der Waals surface area contributed by atoms with Crippen molar-refractivity contribution in [2.45, 2.75) is 19.5 Å². The van der Waals surface area contributed by atoms with E-state index >= 15 is 0 Å². The van der Waals surface area contributed by atoms with E-state index in [1.807, 2.05) is 0 Å². The van der Waals surface area contributed by atoms with Crippen LogP contribution in [0.25, 0.3) is 0 Å². The molecule has 1 aromatic carbocycles. The van der Waals surface area contributed by atoms with Crippen molar-refractivity contribution in [3.8, 4) is 0 Å². The number of thiazole rings is 1. The molecule has 1 fully saturated rings. The van der Waals surface area contributed by atoms with Gasteiger partial charge in [0.25, 0.3) is 0 Å². The van der Waals surface area contributed by atoms with Crippen LogP contribution >= 0.6 is 11.3 Å². The van der Waals surface area contributed by atoms with E-state index in [2.05, 4.69) is 4.98 Å². The lowest BCUT2D eigenvalue weighted by Gasteiger charge is -2.23. The van der Waals surface area contributed by atoms with E-state index in [1.165, 1.54) is 16.2 Å². The Morgan fingerprint density at radius 2 is 2.04 bits per heavy atom. The molecule has 1 aliphatic rings. The first-order valence-corrected chi connectivity index (χ1v) is 8.78. The lowest BCUT2D eigenvalue weighted by molar-refractivity contribution is -0.157. The Labute approximate surface area is 152 Å². The highest BCUT2D eigenvalue weighted by atomic mass is 32.1. The number of halogens is 3. The number of aromatic nitrogens is 1. The molecule has 5 nitrogen and oxygen atoms in total. The normalized spacial score (nSPS) is 17.6. The minimum atomic E-state index is -4.49. The molecule has 3 rings (SSSR count). The van der Waals surface area contributed by atoms with Gasteiger partial charge in [0.05, 0.1) is 17.3 Å². The molecule has 138 valence electrons. The van der Waals surface area contributed by atoms with Gasteiger partial charge in [-0.15, -0.1) is 11.3 Å². The lowest BCUT2D eigenvalue weighted by atomic mass is 10.1. The topological polar surface area (TPSA) is 53.5 Å². The van der Waals surface area contributed by atoms with Gasteiger partial charge in [0.2, 0.25) is 11.8 Å². The number of aryl methyl sites for hydroxylation is 1. The van der Waals surface area contributed by atoms with Crippen molar-refractivity contribution < 1.29 is 22.8 Å². The van der Waals surface area contributed by atoms with E-state index in [4.69, 9.17) is 0 Å². The van der Waals surface area contributed by atoms with E-state index < -0.39 is 30.5 Å². The molecule has 2 aromatic rings. The van der Waals surface area contributed by atoms with Crippen LogP contribution in [0.3, 0.4) is 0 Å². The number of likely N-dealkylation sites (tertiary alicyclic amines) is 1. The zero-order valence-corrected chi connectivity index (χ0v) is 14.7. The van der Waals surface area contributed by atoms with E-state index in [1.54, 1.807) is 42.6 Å². The SMILES string of the molecule is Cc1csc(N(C(=O)C2CC(=O)N(CC(F)(F)F)C2)c2ccccc2)n1. The summed E-state index contributed by atoms with van der Waals surface area (Å²) in [6.07, 6.45) is -4.72. The third-order valence-corrected chi connectivity index (χ3v) is 4.91. The molecule has 2 heterocycles. The molecule has 1 saturated heterocycles. The summed E-state index contributed by atoms with van der Waals surface area (Å²) in [7, 11) is 0. The van der Waals surface area contributed by atoms with Crippen LogP contribution in [0, 0.1) is 12.8 Å². The molecule has 0 aliphatic carbocycles. The second-order valence-electron chi connectivity index (χ2n) is 6.07. The number of amides is 2. The smallest absolute Gasteiger partial charge is 0.333 e. The van der Waals surface area contributed by atoms with Crippen LogP contribution in [-0.2, 0) is 9.59 Å². The molecular formula is C17H16F3N3O2S. The molecule has 0 saturated carbocycles. The Morgan fingerprint density at radius 1 is 1.35 bits per heavy atom. The highest BCUT2D eigenvalue weighted by Gasteiger charge is 2.42. The second-order valence-corrected chi connectivity index (χ2v) is 6.91. The molecule has 0 N–H and O–H groups in total. The molecular weight excluding hydrogens is 367 g/mol. The minimum Gasteiger partial charge on any atom is -0.333 e. The average molecular weight is 383 g/mol. The quantitative estimate of drug-likeness (QED) is 0.812. The van der Waals surface area contributed by atoms with Crippen LogP contribution in [0.15, 0.2) is 35.7 Å². The van der Waals surface area contributed by atoms with Crippen molar-refractivity contribution in [1.29, 1.82) is 0 Å². The Balaban J connectivity index is 1.86. The monoisotopic (exact) mass is 383 g/mol. The van der Waals surface area contributed by atoms with Gasteiger partial charge in [-0.3, -0.25) is 14.5 Å². The number of carbonyl (C=O) groups excluding carboxylic acids is 2. The number of hydrogen-bond donors (Lipinski definition) is 0. The summed E-state index contributed by atoms with van der Waals surface area (Å²) < 4.78 is 37.8. The van der Waals surface area contributed by atoms with Crippen molar-refractivity contribution >= 4 is 34.0 Å². The van der Waals surface area contributed by atoms with Crippen LogP contribution in [0.5, 0.6) is 0 Å². The van der Waals surface area contributed by atoms with Gasteiger partial charge >= 0.3 is 6.18 Å². The van der Waals surface area contributed by atoms with Gasteiger partial charge < -0.3 is 4.90 Å². The fraction of sp³-hybridized carbons (Fsp3) is 0.353. The first-order chi connectivity index (χ1) is 12.2. The van der Waals surface area contributed by atoms with Crippen LogP contribution in [0.2, 0.25) is 0 Å². The first-order valence-electron chi connectivity index (χ1n) is 7.90. The summed E-state index contributed by atoms with van der Waals surface area (Å²) in [6.45, 7) is 0.208. The van der Waals surface area contributed by atoms with Gasteiger partial charge in [-0.1, -0.05) is 18.2 Å². The molecule has 26 heavy (non-hydrogen) atoms. The van der Waals surface area contributed by atoms with Crippen molar-refractivity contribution in [3.05, 3.63) is 41.4 Å². The summed E-state index contributed by atoms with van der Waals surface area (Å²) in [5.41, 5.74) is 1.30. The zero-order valence-electron chi connectivity index (χ0n) is 13.9. The molecule has 9 heteroatoms. The van der Waals surface area contributed by atoms with Crippen molar-refractivity contribution in [2.24, 2.45) is 5.92 Å². The lowest BCUT2D eigenvalue weighted by Crippen LogP contribution is -2.37. The molecule has 0 spiro atoms. The van der Waals surface area contributed by atoms with Crippen LogP contribution in [-0.4, -0.2) is 41.0 Å². The molecule has 2 amide bonds. The Morgan fingerprint density at radius 3 is 2.62 bits per heavy atom. The number of anilines is 2. The maximum atomic E-state index is 13.0. The van der Waals surface area contributed by atoms with E-state index in [-0.39, 0.29) is 13.0 Å². The van der Waals surface area contributed by atoms with Crippen molar-refractivity contribution in [2.75, 3.05) is 18.0 Å². The molecule has 0 bridgehead atoms. The number of hydrogen-bond acceptors (Lipinski definition) is 4. The molecule has 1 atom stereocenters. The number of para-hydroxylation sites is 1. The molecule has 1 aliphatic heterocycles. The van der Waals surface area contributed by atoms with Gasteiger partial charge in [-0.05, 0) is 19.1 Å². The van der Waals surface area contributed by atoms with E-state index in [9.17, 15) is 22.8 Å². The maximum Gasteiger partial charge on any atom is 0.406 e. The average Bonchev–Trinajstić information content (AvgIpc) is 3.14. The van der Waals surface area contributed by atoms with E-state index in [0.717, 1.165) is 5.69 Å². The van der Waals surface area contributed by atoms with Gasteiger partial charge in [-0.25, -0.2) is 4.98 Å². The molecule has 1 aromatic heterocycles. The maximum absolute atomic E-state index is 13.0. The summed E-state index contributed by atoms with van der Waals surface area (Å²) in [5, 5.41) is 2.22. The van der Waals surface area contributed by atoms with Gasteiger partial charge in [0.15, 0.2) is 5.13 Å². The number of nitrogens with zero attached hydrogens (tertiary/aromatic N) is 3. The van der Waals surface area contributed by atoms with E-state index in [0.29, 0.717) is 15.7 Å². The van der Waals surface area contributed by atoms with Crippen molar-refractivity contribution in [1.82, 2.24) is 9.88 Å². The van der Waals surface area contributed by atoms with Crippen LogP contribution in [0.4, 0.5) is 24.0 Å². The second kappa shape index (κ2) is 7.06. The number of rotatable bonds is 4. The third kappa shape index (κ3) is 4.04. The van der Waals surface area contributed by atoms with Gasteiger partial charge in [-0.2, -0.15) is 13.2 Å². The third-order valence-electron chi connectivity index (χ3n) is 3.97.